The van der Waals surface area contributed by atoms with Crippen molar-refractivity contribution < 1.29 is 14.3 Å². The zero-order chi connectivity index (χ0) is 11.3. The van der Waals surface area contributed by atoms with E-state index in [-0.39, 0.29) is 0 Å². The summed E-state index contributed by atoms with van der Waals surface area (Å²) in [4.78, 5) is 11.5. The minimum absolute atomic E-state index is 0.308. The van der Waals surface area contributed by atoms with Crippen LogP contribution in [0.25, 0.3) is 0 Å². The summed E-state index contributed by atoms with van der Waals surface area (Å²) in [5, 5.41) is -1.21. The van der Waals surface area contributed by atoms with E-state index >= 15 is 0 Å². The Balaban J connectivity index is 2.20. The average Bonchev–Trinajstić information content (AvgIpc) is 2.82. The number of halogens is 1. The largest absolute Gasteiger partial charge is 0.466 e. The molecule has 0 bridgehead atoms. The molecule has 1 saturated carbocycles. The Kier molecular flexibility index (Phi) is 2.51. The minimum atomic E-state index is -1.21. The molecule has 0 aromatic carbocycles. The fraction of sp³-hybridized carbons (Fsp3) is 0.909. The van der Waals surface area contributed by atoms with E-state index in [1.807, 2.05) is 0 Å². The number of alkyl halides is 1. The summed E-state index contributed by atoms with van der Waals surface area (Å²) in [6.07, 6.45) is 3.11. The van der Waals surface area contributed by atoms with E-state index in [0.29, 0.717) is 11.8 Å². The fourth-order valence-electron chi connectivity index (χ4n) is 2.79. The molecule has 15 heavy (non-hydrogen) atoms. The predicted molar refractivity (Wildman–Crippen MR) is 56.6 cm³/mol. The van der Waals surface area contributed by atoms with E-state index < -0.39 is 16.6 Å². The van der Waals surface area contributed by atoms with Gasteiger partial charge in [0.05, 0.1) is 7.11 Å². The summed E-state index contributed by atoms with van der Waals surface area (Å²) in [6, 6.07) is 0. The Labute approximate surface area is 95.1 Å². The predicted octanol–water partition coefficient (Wildman–Crippen LogP) is 2.32. The van der Waals surface area contributed by atoms with E-state index in [4.69, 9.17) is 21.1 Å². The van der Waals surface area contributed by atoms with Crippen molar-refractivity contribution in [2.24, 2.45) is 11.8 Å². The number of hydrogen-bond donors (Lipinski definition) is 0. The van der Waals surface area contributed by atoms with Gasteiger partial charge >= 0.3 is 5.97 Å². The molecule has 0 amide bonds. The molecule has 2 fully saturated rings. The molecule has 4 unspecified atom stereocenters. The Hall–Kier alpha value is -0.280. The van der Waals surface area contributed by atoms with E-state index in [1.54, 1.807) is 0 Å². The summed E-state index contributed by atoms with van der Waals surface area (Å²) >= 11 is 6.19. The molecule has 0 aromatic rings. The van der Waals surface area contributed by atoms with Crippen LogP contribution in [0.1, 0.15) is 33.1 Å². The maximum atomic E-state index is 11.5. The van der Waals surface area contributed by atoms with Crippen molar-refractivity contribution in [3.05, 3.63) is 0 Å². The first-order chi connectivity index (χ1) is 6.98. The molecule has 1 aliphatic heterocycles. The van der Waals surface area contributed by atoms with Gasteiger partial charge in [0.25, 0.3) is 5.06 Å². The molecule has 1 spiro atoms. The van der Waals surface area contributed by atoms with Crippen molar-refractivity contribution in [1.82, 2.24) is 0 Å². The Bertz CT molecular complexity index is 294. The highest BCUT2D eigenvalue weighted by Gasteiger charge is 2.77. The first-order valence-corrected chi connectivity index (χ1v) is 5.83. The van der Waals surface area contributed by atoms with Crippen LogP contribution in [0, 0.1) is 11.8 Å². The number of carbonyl (C=O) groups is 1. The molecule has 3 nitrogen and oxygen atoms in total. The summed E-state index contributed by atoms with van der Waals surface area (Å²) in [5.74, 6) is 0.400. The van der Waals surface area contributed by atoms with Gasteiger partial charge in [-0.2, -0.15) is 0 Å². The van der Waals surface area contributed by atoms with Crippen LogP contribution < -0.4 is 0 Å². The summed E-state index contributed by atoms with van der Waals surface area (Å²) in [7, 11) is 1.35. The van der Waals surface area contributed by atoms with Crippen molar-refractivity contribution in [1.29, 1.82) is 0 Å². The first kappa shape index (κ1) is 11.2. The van der Waals surface area contributed by atoms with Crippen molar-refractivity contribution in [3.8, 4) is 0 Å². The molecule has 4 heteroatoms. The van der Waals surface area contributed by atoms with Gasteiger partial charge in [0.15, 0.2) is 0 Å². The van der Waals surface area contributed by atoms with Gasteiger partial charge in [0.1, 0.15) is 5.60 Å². The monoisotopic (exact) mass is 232 g/mol. The van der Waals surface area contributed by atoms with Crippen LogP contribution >= 0.6 is 11.6 Å². The molecule has 0 radical (unpaired) electrons. The quantitative estimate of drug-likeness (QED) is 0.396. The number of carbonyl (C=O) groups excluding carboxylic acids is 1. The smallest absolute Gasteiger partial charge is 0.357 e. The van der Waals surface area contributed by atoms with Crippen LogP contribution in [0.5, 0.6) is 0 Å². The van der Waals surface area contributed by atoms with Crippen molar-refractivity contribution in [2.75, 3.05) is 7.11 Å². The third-order valence-corrected chi connectivity index (χ3v) is 4.62. The summed E-state index contributed by atoms with van der Waals surface area (Å²) in [5.41, 5.74) is -0.473. The molecule has 1 aliphatic carbocycles. The molecule has 4 atom stereocenters. The lowest BCUT2D eigenvalue weighted by molar-refractivity contribution is -0.143. The average molecular weight is 233 g/mol. The van der Waals surface area contributed by atoms with Crippen LogP contribution in [0.15, 0.2) is 0 Å². The number of ether oxygens (including phenoxy) is 2. The van der Waals surface area contributed by atoms with Gasteiger partial charge in [0.2, 0.25) is 0 Å². The van der Waals surface area contributed by atoms with Gasteiger partial charge < -0.3 is 9.47 Å². The molecular formula is C11H17ClO3. The number of epoxide rings is 1. The molecule has 86 valence electrons. The molecule has 1 heterocycles. The molecular weight excluding hydrogens is 216 g/mol. The number of hydrogen-bond acceptors (Lipinski definition) is 3. The Morgan fingerprint density at radius 1 is 1.53 bits per heavy atom. The van der Waals surface area contributed by atoms with E-state index in [0.717, 1.165) is 12.8 Å². The van der Waals surface area contributed by atoms with E-state index in [9.17, 15) is 4.79 Å². The molecule has 2 aliphatic rings. The Morgan fingerprint density at radius 3 is 2.80 bits per heavy atom. The highest BCUT2D eigenvalue weighted by molar-refractivity contribution is 6.36. The molecule has 1 saturated heterocycles. The highest BCUT2D eigenvalue weighted by atomic mass is 35.5. The van der Waals surface area contributed by atoms with Crippen LogP contribution in [-0.2, 0) is 14.3 Å². The number of methoxy groups -OCH3 is 1. The van der Waals surface area contributed by atoms with E-state index in [2.05, 4.69) is 13.8 Å². The van der Waals surface area contributed by atoms with Crippen molar-refractivity contribution >= 4 is 17.6 Å². The number of esters is 1. The van der Waals surface area contributed by atoms with E-state index in [1.165, 1.54) is 13.5 Å². The SMILES string of the molecule is COC(=O)C1(Cl)OC12CCCC(C)C2C. The van der Waals surface area contributed by atoms with Crippen LogP contribution in [0.2, 0.25) is 0 Å². The second kappa shape index (κ2) is 3.36. The van der Waals surface area contributed by atoms with Crippen LogP contribution in [0.4, 0.5) is 0 Å². The minimum Gasteiger partial charge on any atom is -0.466 e. The van der Waals surface area contributed by atoms with Crippen LogP contribution in [0.3, 0.4) is 0 Å². The van der Waals surface area contributed by atoms with Gasteiger partial charge in [-0.1, -0.05) is 38.3 Å². The van der Waals surface area contributed by atoms with Gasteiger partial charge in [-0.15, -0.1) is 0 Å². The third-order valence-electron chi connectivity index (χ3n) is 4.07. The fourth-order valence-corrected chi connectivity index (χ4v) is 3.27. The lowest BCUT2D eigenvalue weighted by Crippen LogP contribution is -2.40. The van der Waals surface area contributed by atoms with Gasteiger partial charge in [-0.25, -0.2) is 4.79 Å². The second-order valence-electron chi connectivity index (χ2n) is 4.74. The second-order valence-corrected chi connectivity index (χ2v) is 5.27. The standard InChI is InChI=1S/C11H17ClO3/c1-7-5-4-6-10(8(7)2)11(12,15-10)9(13)14-3/h7-8H,4-6H2,1-3H3. The normalized spacial score (nSPS) is 49.1. The molecule has 0 N–H and O–H groups in total. The zero-order valence-electron chi connectivity index (χ0n) is 9.38. The maximum Gasteiger partial charge on any atom is 0.357 e. The lowest BCUT2D eigenvalue weighted by Gasteiger charge is -2.32. The maximum absolute atomic E-state index is 11.5. The Morgan fingerprint density at radius 2 is 2.20 bits per heavy atom. The molecule has 2 rings (SSSR count). The zero-order valence-corrected chi connectivity index (χ0v) is 10.1. The molecule has 0 aromatic heterocycles. The lowest BCUT2D eigenvalue weighted by atomic mass is 9.72. The topological polar surface area (TPSA) is 38.8 Å². The first-order valence-electron chi connectivity index (χ1n) is 5.45. The van der Waals surface area contributed by atoms with Crippen LogP contribution in [-0.4, -0.2) is 23.7 Å². The summed E-state index contributed by atoms with van der Waals surface area (Å²) in [6.45, 7) is 4.29. The van der Waals surface area contributed by atoms with Crippen molar-refractivity contribution in [2.45, 2.75) is 43.8 Å². The van der Waals surface area contributed by atoms with Gasteiger partial charge in [-0.3, -0.25) is 0 Å². The van der Waals surface area contributed by atoms with Crippen molar-refractivity contribution in [3.63, 3.8) is 0 Å². The highest BCUT2D eigenvalue weighted by Crippen LogP contribution is 2.63. The number of rotatable bonds is 1. The summed E-state index contributed by atoms with van der Waals surface area (Å²) < 4.78 is 10.3. The van der Waals surface area contributed by atoms with Gasteiger partial charge in [0, 0.05) is 0 Å². The third kappa shape index (κ3) is 1.32. The van der Waals surface area contributed by atoms with Gasteiger partial charge in [-0.05, 0) is 18.3 Å².